The van der Waals surface area contributed by atoms with Gasteiger partial charge in [0.2, 0.25) is 0 Å². The number of rotatable bonds is 4. The quantitative estimate of drug-likeness (QED) is 0.923. The molecule has 2 N–H and O–H groups in total. The first-order valence-electron chi connectivity index (χ1n) is 6.89. The molecule has 2 rings (SSSR count). The van der Waals surface area contributed by atoms with Crippen LogP contribution in [0.3, 0.4) is 0 Å². The van der Waals surface area contributed by atoms with Crippen LogP contribution in [0.5, 0.6) is 0 Å². The number of thiazole rings is 1. The smallest absolute Gasteiger partial charge is 0.186 e. The van der Waals surface area contributed by atoms with E-state index < -0.39 is 0 Å². The summed E-state index contributed by atoms with van der Waals surface area (Å²) in [4.78, 5) is 8.11. The van der Waals surface area contributed by atoms with Crippen LogP contribution in [0.4, 0.5) is 5.13 Å². The number of hydrogen-bond donors (Lipinski definition) is 1. The van der Waals surface area contributed by atoms with E-state index in [1.165, 1.54) is 0 Å². The van der Waals surface area contributed by atoms with Crippen LogP contribution in [0.2, 0.25) is 0 Å². The van der Waals surface area contributed by atoms with Gasteiger partial charge in [-0.3, -0.25) is 0 Å². The van der Waals surface area contributed by atoms with E-state index in [0.29, 0.717) is 13.2 Å². The highest BCUT2D eigenvalue weighted by Gasteiger charge is 2.39. The standard InChI is InChI=1S/C14H25N3O2S/c1-13(2)8-17(9-14(3,4)19-13)12-16-10(7-18-5)11(6-15)20-12/h6-9,15H2,1-5H3. The Hall–Kier alpha value is -0.690. The summed E-state index contributed by atoms with van der Waals surface area (Å²) < 4.78 is 11.3. The topological polar surface area (TPSA) is 60.6 Å². The van der Waals surface area contributed by atoms with Gasteiger partial charge in [0.05, 0.1) is 23.5 Å². The molecule has 2 heterocycles. The van der Waals surface area contributed by atoms with Crippen LogP contribution in [-0.2, 0) is 22.6 Å². The highest BCUT2D eigenvalue weighted by atomic mass is 32.1. The van der Waals surface area contributed by atoms with Crippen molar-refractivity contribution in [2.45, 2.75) is 52.0 Å². The maximum atomic E-state index is 6.11. The molecule has 0 radical (unpaired) electrons. The van der Waals surface area contributed by atoms with E-state index in [0.717, 1.165) is 28.8 Å². The van der Waals surface area contributed by atoms with Crippen molar-refractivity contribution in [3.05, 3.63) is 10.6 Å². The first-order chi connectivity index (χ1) is 9.26. The predicted octanol–water partition coefficient (Wildman–Crippen LogP) is 2.14. The molecule has 6 heteroatoms. The second kappa shape index (κ2) is 5.60. The number of hydrogen-bond acceptors (Lipinski definition) is 6. The Balaban J connectivity index is 2.26. The van der Waals surface area contributed by atoms with Gasteiger partial charge >= 0.3 is 0 Å². The van der Waals surface area contributed by atoms with Crippen LogP contribution >= 0.6 is 11.3 Å². The van der Waals surface area contributed by atoms with E-state index in [2.05, 4.69) is 32.6 Å². The predicted molar refractivity (Wildman–Crippen MR) is 82.2 cm³/mol. The summed E-state index contributed by atoms with van der Waals surface area (Å²) in [5.74, 6) is 0. The number of nitrogens with zero attached hydrogens (tertiary/aromatic N) is 2. The minimum Gasteiger partial charge on any atom is -0.378 e. The van der Waals surface area contributed by atoms with E-state index in [-0.39, 0.29) is 11.2 Å². The van der Waals surface area contributed by atoms with Crippen LogP contribution in [0.1, 0.15) is 38.3 Å². The average molecular weight is 299 g/mol. The molecule has 1 aliphatic rings. The zero-order valence-electron chi connectivity index (χ0n) is 13.0. The molecule has 0 saturated carbocycles. The molecule has 0 atom stereocenters. The second-order valence-corrected chi connectivity index (χ2v) is 7.54. The molecule has 0 bridgehead atoms. The largest absolute Gasteiger partial charge is 0.378 e. The molecule has 1 aromatic heterocycles. The summed E-state index contributed by atoms with van der Waals surface area (Å²) in [5.41, 5.74) is 6.39. The van der Waals surface area contributed by atoms with Crippen LogP contribution < -0.4 is 10.6 Å². The number of aromatic nitrogens is 1. The first-order valence-corrected chi connectivity index (χ1v) is 7.71. The Labute approximate surface area is 125 Å². The Bertz CT molecular complexity index is 455. The Morgan fingerprint density at radius 1 is 1.30 bits per heavy atom. The molecule has 0 amide bonds. The van der Waals surface area contributed by atoms with Crippen molar-refractivity contribution in [3.63, 3.8) is 0 Å². The third kappa shape index (κ3) is 3.49. The lowest BCUT2D eigenvalue weighted by Crippen LogP contribution is -2.57. The highest BCUT2D eigenvalue weighted by Crippen LogP contribution is 2.34. The van der Waals surface area contributed by atoms with E-state index in [4.69, 9.17) is 20.2 Å². The second-order valence-electron chi connectivity index (χ2n) is 6.48. The minimum atomic E-state index is -0.183. The molecule has 114 valence electrons. The monoisotopic (exact) mass is 299 g/mol. The normalized spacial score (nSPS) is 21.2. The average Bonchev–Trinajstić information content (AvgIpc) is 2.68. The van der Waals surface area contributed by atoms with E-state index >= 15 is 0 Å². The van der Waals surface area contributed by atoms with Crippen LogP contribution in [0, 0.1) is 0 Å². The molecule has 0 aliphatic carbocycles. The fourth-order valence-corrected chi connectivity index (χ4v) is 3.78. The molecule has 0 unspecified atom stereocenters. The Morgan fingerprint density at radius 2 is 1.90 bits per heavy atom. The van der Waals surface area contributed by atoms with Crippen molar-refractivity contribution in [2.24, 2.45) is 5.73 Å². The van der Waals surface area contributed by atoms with Crippen molar-refractivity contribution in [1.82, 2.24) is 4.98 Å². The summed E-state index contributed by atoms with van der Waals surface area (Å²) in [6, 6.07) is 0. The van der Waals surface area contributed by atoms with Gasteiger partial charge in [-0.05, 0) is 27.7 Å². The van der Waals surface area contributed by atoms with Gasteiger partial charge in [0.1, 0.15) is 0 Å². The third-order valence-electron chi connectivity index (χ3n) is 3.20. The van der Waals surface area contributed by atoms with Gasteiger partial charge in [-0.15, -0.1) is 11.3 Å². The Kier molecular flexibility index (Phi) is 4.39. The lowest BCUT2D eigenvalue weighted by Gasteiger charge is -2.47. The SMILES string of the molecule is COCc1nc(N2CC(C)(C)OC(C)(C)C2)sc1CN. The van der Waals surface area contributed by atoms with Gasteiger partial charge in [-0.1, -0.05) is 0 Å². The molecule has 0 aromatic carbocycles. The number of nitrogens with two attached hydrogens (primary N) is 1. The number of methoxy groups -OCH3 is 1. The van der Waals surface area contributed by atoms with E-state index in [1.54, 1.807) is 18.4 Å². The van der Waals surface area contributed by atoms with Gasteiger partial charge in [0.15, 0.2) is 5.13 Å². The summed E-state index contributed by atoms with van der Waals surface area (Å²) in [5, 5.41) is 1.02. The van der Waals surface area contributed by atoms with Crippen LogP contribution in [-0.4, -0.2) is 36.4 Å². The molecule has 1 fully saturated rings. The van der Waals surface area contributed by atoms with Crippen molar-refractivity contribution in [1.29, 1.82) is 0 Å². The highest BCUT2D eigenvalue weighted by molar-refractivity contribution is 7.15. The third-order valence-corrected chi connectivity index (χ3v) is 4.38. The van der Waals surface area contributed by atoms with E-state index in [1.807, 2.05) is 0 Å². The minimum absolute atomic E-state index is 0.183. The van der Waals surface area contributed by atoms with Crippen LogP contribution in [0.25, 0.3) is 0 Å². The number of ether oxygens (including phenoxy) is 2. The van der Waals surface area contributed by atoms with Gasteiger partial charge < -0.3 is 20.1 Å². The molecule has 0 spiro atoms. The molecule has 5 nitrogen and oxygen atoms in total. The number of anilines is 1. The number of morpholine rings is 1. The summed E-state index contributed by atoms with van der Waals surface area (Å²) >= 11 is 1.66. The first kappa shape index (κ1) is 15.7. The maximum absolute atomic E-state index is 6.11. The summed E-state index contributed by atoms with van der Waals surface area (Å²) in [6.45, 7) is 11.2. The summed E-state index contributed by atoms with van der Waals surface area (Å²) in [7, 11) is 1.68. The van der Waals surface area contributed by atoms with Gasteiger partial charge in [0, 0.05) is 31.6 Å². The molecule has 20 heavy (non-hydrogen) atoms. The maximum Gasteiger partial charge on any atom is 0.186 e. The van der Waals surface area contributed by atoms with Crippen molar-refractivity contribution in [3.8, 4) is 0 Å². The fourth-order valence-electron chi connectivity index (χ4n) is 2.84. The fraction of sp³-hybridized carbons (Fsp3) is 0.786. The zero-order valence-corrected chi connectivity index (χ0v) is 13.8. The van der Waals surface area contributed by atoms with Crippen LogP contribution in [0.15, 0.2) is 0 Å². The van der Waals surface area contributed by atoms with E-state index in [9.17, 15) is 0 Å². The van der Waals surface area contributed by atoms with Crippen molar-refractivity contribution >= 4 is 16.5 Å². The molecular weight excluding hydrogens is 274 g/mol. The molecular formula is C14H25N3O2S. The zero-order chi connectivity index (χ0) is 15.0. The lowest BCUT2D eigenvalue weighted by atomic mass is 9.99. The van der Waals surface area contributed by atoms with Gasteiger partial charge in [0.25, 0.3) is 0 Å². The molecule has 1 aromatic rings. The summed E-state index contributed by atoms with van der Waals surface area (Å²) in [6.07, 6.45) is 0. The van der Waals surface area contributed by atoms with Crippen molar-refractivity contribution in [2.75, 3.05) is 25.1 Å². The van der Waals surface area contributed by atoms with Gasteiger partial charge in [-0.2, -0.15) is 0 Å². The molecule has 1 saturated heterocycles. The van der Waals surface area contributed by atoms with Gasteiger partial charge in [-0.25, -0.2) is 4.98 Å². The van der Waals surface area contributed by atoms with Crippen molar-refractivity contribution < 1.29 is 9.47 Å². The lowest BCUT2D eigenvalue weighted by molar-refractivity contribution is -0.133. The Morgan fingerprint density at radius 3 is 2.40 bits per heavy atom. The molecule has 1 aliphatic heterocycles.